The normalized spacial score (nSPS) is 22.8. The largest absolute Gasteiger partial charge is 0.317 e. The summed E-state index contributed by atoms with van der Waals surface area (Å²) in [5.74, 6) is 0.415. The molecule has 4 rings (SSSR count). The molecule has 148 valence electrons. The molecule has 6 heteroatoms. The lowest BCUT2D eigenvalue weighted by atomic mass is 10.0. The van der Waals surface area contributed by atoms with E-state index in [9.17, 15) is 8.42 Å². The molecule has 0 aromatic heterocycles. The van der Waals surface area contributed by atoms with Gasteiger partial charge in [-0.2, -0.15) is 0 Å². The first-order valence-corrected chi connectivity index (χ1v) is 12.3. The van der Waals surface area contributed by atoms with Crippen molar-refractivity contribution >= 4 is 32.5 Å². The summed E-state index contributed by atoms with van der Waals surface area (Å²) < 4.78 is 23.9. The van der Waals surface area contributed by atoms with Gasteiger partial charge in [0.2, 0.25) is 0 Å². The Kier molecular flexibility index (Phi) is 5.04. The first-order valence-electron chi connectivity index (χ1n) is 9.57. The standard InChI is InChI=1S/C22H26N2O2S2/c1-14-5-6-17(4)18(8-14)11-24(19-9-15(2)7-16(3)10-19)22-23-20-12-28(25,26)13-21(20)27-22/h5-10,20-21H,11-13H2,1-4H3/t20-,21+/m0/s1. The molecule has 2 aliphatic rings. The quantitative estimate of drug-likeness (QED) is 0.755. The minimum atomic E-state index is -2.95. The van der Waals surface area contributed by atoms with E-state index in [0.29, 0.717) is 0 Å². The van der Waals surface area contributed by atoms with Crippen molar-refractivity contribution in [2.24, 2.45) is 4.99 Å². The Labute approximate surface area is 172 Å². The van der Waals surface area contributed by atoms with Gasteiger partial charge in [-0.1, -0.05) is 41.6 Å². The fourth-order valence-electron chi connectivity index (χ4n) is 3.99. The predicted molar refractivity (Wildman–Crippen MR) is 119 cm³/mol. The number of hydrogen-bond acceptors (Lipinski definition) is 5. The average Bonchev–Trinajstić information content (AvgIpc) is 3.08. The Morgan fingerprint density at radius 1 is 1.00 bits per heavy atom. The van der Waals surface area contributed by atoms with Gasteiger partial charge in [0.15, 0.2) is 15.0 Å². The molecule has 0 N–H and O–H groups in total. The van der Waals surface area contributed by atoms with Crippen molar-refractivity contribution in [2.75, 3.05) is 16.4 Å². The van der Waals surface area contributed by atoms with Gasteiger partial charge < -0.3 is 4.90 Å². The summed E-state index contributed by atoms with van der Waals surface area (Å²) in [5.41, 5.74) is 7.32. The highest BCUT2D eigenvalue weighted by Crippen LogP contribution is 2.38. The molecule has 0 spiro atoms. The van der Waals surface area contributed by atoms with Crippen LogP contribution in [0.4, 0.5) is 5.69 Å². The summed E-state index contributed by atoms with van der Waals surface area (Å²) in [4.78, 5) is 7.12. The number of thioether (sulfide) groups is 1. The first kappa shape index (κ1) is 19.5. The van der Waals surface area contributed by atoms with Crippen molar-refractivity contribution in [1.82, 2.24) is 0 Å². The van der Waals surface area contributed by atoms with E-state index in [-0.39, 0.29) is 22.8 Å². The highest BCUT2D eigenvalue weighted by atomic mass is 32.2. The van der Waals surface area contributed by atoms with Gasteiger partial charge in [0, 0.05) is 10.9 Å². The van der Waals surface area contributed by atoms with Crippen molar-refractivity contribution in [1.29, 1.82) is 0 Å². The van der Waals surface area contributed by atoms with Crippen LogP contribution in [0.2, 0.25) is 0 Å². The molecular weight excluding hydrogens is 388 g/mol. The lowest BCUT2D eigenvalue weighted by Gasteiger charge is -2.26. The maximum atomic E-state index is 12.0. The molecule has 2 heterocycles. The smallest absolute Gasteiger partial charge is 0.164 e. The molecular formula is C22H26N2O2S2. The van der Waals surface area contributed by atoms with Crippen LogP contribution in [0, 0.1) is 27.7 Å². The number of hydrogen-bond donors (Lipinski definition) is 0. The van der Waals surface area contributed by atoms with E-state index < -0.39 is 9.84 Å². The molecule has 0 amide bonds. The van der Waals surface area contributed by atoms with Gasteiger partial charge >= 0.3 is 0 Å². The number of aryl methyl sites for hydroxylation is 4. The third-order valence-corrected chi connectivity index (χ3v) is 8.63. The van der Waals surface area contributed by atoms with Crippen molar-refractivity contribution < 1.29 is 8.42 Å². The van der Waals surface area contributed by atoms with Crippen molar-refractivity contribution in [3.63, 3.8) is 0 Å². The van der Waals surface area contributed by atoms with Crippen molar-refractivity contribution in [3.05, 3.63) is 64.2 Å². The SMILES string of the molecule is Cc1cc(C)cc(N(Cc2cc(C)ccc2C)C2=N[C@H]3CS(=O)(=O)C[C@H]3S2)c1. The molecule has 0 aliphatic carbocycles. The van der Waals surface area contributed by atoms with E-state index in [2.05, 4.69) is 69.0 Å². The van der Waals surface area contributed by atoms with E-state index in [1.54, 1.807) is 11.8 Å². The summed E-state index contributed by atoms with van der Waals surface area (Å²) in [7, 11) is -2.95. The number of fused-ring (bicyclic) bond motifs is 1. The zero-order chi connectivity index (χ0) is 20.1. The van der Waals surface area contributed by atoms with Crippen molar-refractivity contribution in [2.45, 2.75) is 45.5 Å². The van der Waals surface area contributed by atoms with Crippen LogP contribution in [0.15, 0.2) is 41.4 Å². The summed E-state index contributed by atoms with van der Waals surface area (Å²) >= 11 is 1.62. The van der Waals surface area contributed by atoms with E-state index >= 15 is 0 Å². The third kappa shape index (κ3) is 3.98. The maximum absolute atomic E-state index is 12.0. The molecule has 2 aromatic carbocycles. The average molecular weight is 415 g/mol. The Morgan fingerprint density at radius 2 is 1.71 bits per heavy atom. The topological polar surface area (TPSA) is 49.7 Å². The second kappa shape index (κ2) is 7.23. The molecule has 2 aliphatic heterocycles. The molecule has 1 fully saturated rings. The Bertz CT molecular complexity index is 1040. The summed E-state index contributed by atoms with van der Waals surface area (Å²) in [6.45, 7) is 9.20. The number of rotatable bonds is 3. The van der Waals surface area contributed by atoms with Crippen LogP contribution < -0.4 is 4.90 Å². The summed E-state index contributed by atoms with van der Waals surface area (Å²) in [6, 6.07) is 13.0. The van der Waals surface area contributed by atoms with Gasteiger partial charge in [-0.05, 0) is 62.1 Å². The van der Waals surface area contributed by atoms with Crippen LogP contribution in [0.25, 0.3) is 0 Å². The molecule has 2 atom stereocenters. The lowest BCUT2D eigenvalue weighted by Crippen LogP contribution is -2.28. The third-order valence-electron chi connectivity index (χ3n) is 5.39. The van der Waals surface area contributed by atoms with E-state index in [0.717, 1.165) is 17.4 Å². The van der Waals surface area contributed by atoms with Crippen LogP contribution in [0.1, 0.15) is 27.8 Å². The second-order valence-electron chi connectivity index (χ2n) is 8.07. The number of benzene rings is 2. The zero-order valence-corrected chi connectivity index (χ0v) is 18.4. The van der Waals surface area contributed by atoms with Crippen LogP contribution in [0.5, 0.6) is 0 Å². The van der Waals surface area contributed by atoms with Crippen LogP contribution in [-0.2, 0) is 16.4 Å². The van der Waals surface area contributed by atoms with E-state index in [4.69, 9.17) is 4.99 Å². The fourth-order valence-corrected chi connectivity index (χ4v) is 7.77. The minimum absolute atomic E-state index is 0.0482. The monoisotopic (exact) mass is 414 g/mol. The number of sulfone groups is 1. The molecule has 1 saturated heterocycles. The van der Waals surface area contributed by atoms with E-state index in [1.165, 1.54) is 27.8 Å². The maximum Gasteiger partial charge on any atom is 0.164 e. The zero-order valence-electron chi connectivity index (χ0n) is 16.8. The molecule has 28 heavy (non-hydrogen) atoms. The fraction of sp³-hybridized carbons (Fsp3) is 0.409. The van der Waals surface area contributed by atoms with E-state index in [1.807, 2.05) is 0 Å². The summed E-state index contributed by atoms with van der Waals surface area (Å²) in [6.07, 6.45) is 0. The second-order valence-corrected chi connectivity index (χ2v) is 11.4. The Morgan fingerprint density at radius 3 is 2.39 bits per heavy atom. The molecule has 0 unspecified atom stereocenters. The molecule has 2 aromatic rings. The minimum Gasteiger partial charge on any atom is -0.317 e. The number of nitrogens with zero attached hydrogens (tertiary/aromatic N) is 2. The number of aliphatic imine (C=N–C) groups is 1. The Hall–Kier alpha value is -1.79. The van der Waals surface area contributed by atoms with Gasteiger partial charge in [-0.15, -0.1) is 0 Å². The molecule has 0 saturated carbocycles. The lowest BCUT2D eigenvalue weighted by molar-refractivity contribution is 0.601. The number of amidine groups is 1. The first-order chi connectivity index (χ1) is 13.2. The van der Waals surface area contributed by atoms with Gasteiger partial charge in [-0.3, -0.25) is 4.99 Å². The van der Waals surface area contributed by atoms with Gasteiger partial charge in [-0.25, -0.2) is 8.42 Å². The molecule has 4 nitrogen and oxygen atoms in total. The molecule has 0 bridgehead atoms. The number of anilines is 1. The van der Waals surface area contributed by atoms with Gasteiger partial charge in [0.1, 0.15) is 0 Å². The summed E-state index contributed by atoms with van der Waals surface area (Å²) in [5, 5.41) is 0.989. The van der Waals surface area contributed by atoms with Crippen LogP contribution in [0.3, 0.4) is 0 Å². The van der Waals surface area contributed by atoms with Gasteiger partial charge in [0.05, 0.1) is 24.1 Å². The predicted octanol–water partition coefficient (Wildman–Crippen LogP) is 4.20. The highest BCUT2D eigenvalue weighted by molar-refractivity contribution is 8.15. The van der Waals surface area contributed by atoms with Crippen molar-refractivity contribution in [3.8, 4) is 0 Å². The van der Waals surface area contributed by atoms with Gasteiger partial charge in [0.25, 0.3) is 0 Å². The molecule has 0 radical (unpaired) electrons. The van der Waals surface area contributed by atoms with Crippen LogP contribution >= 0.6 is 11.8 Å². The van der Waals surface area contributed by atoms with Crippen LogP contribution in [-0.4, -0.2) is 36.4 Å². The Balaban J connectivity index is 1.73. The highest BCUT2D eigenvalue weighted by Gasteiger charge is 2.44.